The first-order valence-electron chi connectivity index (χ1n) is 9.98. The Bertz CT molecular complexity index is 1050. The summed E-state index contributed by atoms with van der Waals surface area (Å²) in [6.45, 7) is 1.07. The maximum absolute atomic E-state index is 12.7. The van der Waals surface area contributed by atoms with E-state index in [2.05, 4.69) is 5.32 Å². The van der Waals surface area contributed by atoms with Gasteiger partial charge in [0, 0.05) is 37.9 Å². The van der Waals surface area contributed by atoms with E-state index in [0.29, 0.717) is 30.6 Å². The van der Waals surface area contributed by atoms with Gasteiger partial charge in [-0.15, -0.1) is 0 Å². The van der Waals surface area contributed by atoms with Crippen LogP contribution in [-0.2, 0) is 25.8 Å². The summed E-state index contributed by atoms with van der Waals surface area (Å²) in [7, 11) is -3.29. The van der Waals surface area contributed by atoms with Gasteiger partial charge in [0.2, 0.25) is 11.8 Å². The molecule has 1 N–H and O–H groups in total. The van der Waals surface area contributed by atoms with Crippen molar-refractivity contribution in [1.29, 1.82) is 0 Å². The minimum atomic E-state index is -3.29. The molecule has 0 radical (unpaired) electrons. The van der Waals surface area contributed by atoms with Gasteiger partial charge in [-0.3, -0.25) is 24.4 Å². The Labute approximate surface area is 181 Å². The van der Waals surface area contributed by atoms with Crippen LogP contribution in [0.4, 0.5) is 0 Å². The van der Waals surface area contributed by atoms with Crippen LogP contribution < -0.4 is 5.32 Å². The van der Waals surface area contributed by atoms with Crippen molar-refractivity contribution in [2.45, 2.75) is 24.2 Å². The molecule has 3 amide bonds. The van der Waals surface area contributed by atoms with Gasteiger partial charge < -0.3 is 5.32 Å². The van der Waals surface area contributed by atoms with Gasteiger partial charge >= 0.3 is 0 Å². The van der Waals surface area contributed by atoms with Crippen LogP contribution in [0.2, 0.25) is 0 Å². The van der Waals surface area contributed by atoms with Gasteiger partial charge in [0.15, 0.2) is 9.84 Å². The molecule has 164 valence electrons. The van der Waals surface area contributed by atoms with E-state index in [1.807, 2.05) is 6.07 Å². The summed E-state index contributed by atoms with van der Waals surface area (Å²) < 4.78 is 23.1. The zero-order valence-electron chi connectivity index (χ0n) is 17.3. The second-order valence-corrected chi connectivity index (χ2v) is 9.37. The number of nitrogens with one attached hydrogen (secondary N) is 1. The fraction of sp³-hybridized carbons (Fsp3) is 0.318. The molecule has 31 heavy (non-hydrogen) atoms. The maximum Gasteiger partial charge on any atom is 0.251 e. The van der Waals surface area contributed by atoms with Gasteiger partial charge in [0.25, 0.3) is 5.91 Å². The molecular formula is C22H25N3O5S. The lowest BCUT2D eigenvalue weighted by atomic mass is 10.1. The smallest absolute Gasteiger partial charge is 0.251 e. The summed E-state index contributed by atoms with van der Waals surface area (Å²) in [6.07, 6.45) is 1.97. The molecule has 9 heteroatoms. The van der Waals surface area contributed by atoms with Gasteiger partial charge in [-0.2, -0.15) is 0 Å². The summed E-state index contributed by atoms with van der Waals surface area (Å²) in [5.41, 5.74) is 1.20. The highest BCUT2D eigenvalue weighted by Crippen LogP contribution is 2.16. The average molecular weight is 444 g/mol. The SMILES string of the molecule is CS(=O)(=O)c1ccc(CC(=O)N2CCCN2C(=O)CCNC(=O)c2ccccc2)cc1. The van der Waals surface area contributed by atoms with Crippen LogP contribution in [0.15, 0.2) is 59.5 Å². The Hall–Kier alpha value is -3.20. The monoisotopic (exact) mass is 443 g/mol. The first kappa shape index (κ1) is 22.5. The number of amides is 3. The van der Waals surface area contributed by atoms with E-state index in [0.717, 1.165) is 6.26 Å². The molecule has 1 aliphatic heterocycles. The second kappa shape index (κ2) is 9.74. The lowest BCUT2D eigenvalue weighted by Crippen LogP contribution is -2.46. The molecule has 0 spiro atoms. The molecule has 2 aromatic rings. The van der Waals surface area contributed by atoms with Gasteiger partial charge in [-0.05, 0) is 36.2 Å². The Morgan fingerprint density at radius 2 is 1.52 bits per heavy atom. The quantitative estimate of drug-likeness (QED) is 0.697. The number of nitrogens with zero attached hydrogens (tertiary/aromatic N) is 2. The van der Waals surface area contributed by atoms with Crippen molar-refractivity contribution in [2.24, 2.45) is 0 Å². The first-order chi connectivity index (χ1) is 14.8. The Morgan fingerprint density at radius 1 is 0.903 bits per heavy atom. The van der Waals surface area contributed by atoms with Crippen LogP contribution in [0.5, 0.6) is 0 Å². The highest BCUT2D eigenvalue weighted by Gasteiger charge is 2.30. The summed E-state index contributed by atoms with van der Waals surface area (Å²) in [5.74, 6) is -0.710. The third-order valence-corrected chi connectivity index (χ3v) is 6.10. The Balaban J connectivity index is 1.53. The van der Waals surface area contributed by atoms with Crippen molar-refractivity contribution in [3.8, 4) is 0 Å². The summed E-state index contributed by atoms with van der Waals surface area (Å²) in [6, 6.07) is 14.9. The lowest BCUT2D eigenvalue weighted by molar-refractivity contribution is -0.157. The molecule has 0 unspecified atom stereocenters. The minimum absolute atomic E-state index is 0.0680. The number of sulfone groups is 1. The molecule has 1 heterocycles. The molecular weight excluding hydrogens is 418 g/mol. The lowest BCUT2D eigenvalue weighted by Gasteiger charge is -2.28. The number of carbonyl (C=O) groups is 3. The van der Waals surface area contributed by atoms with Gasteiger partial charge in [-0.25, -0.2) is 8.42 Å². The van der Waals surface area contributed by atoms with Crippen molar-refractivity contribution < 1.29 is 22.8 Å². The summed E-state index contributed by atoms with van der Waals surface area (Å²) >= 11 is 0. The number of hydrogen-bond acceptors (Lipinski definition) is 5. The van der Waals surface area contributed by atoms with Crippen molar-refractivity contribution >= 4 is 27.6 Å². The molecule has 1 aliphatic rings. The Morgan fingerprint density at radius 3 is 2.13 bits per heavy atom. The molecule has 8 nitrogen and oxygen atoms in total. The van der Waals surface area contributed by atoms with Crippen LogP contribution in [0.25, 0.3) is 0 Å². The van der Waals surface area contributed by atoms with Crippen LogP contribution in [-0.4, -0.2) is 62.0 Å². The number of carbonyl (C=O) groups excluding carboxylic acids is 3. The molecule has 0 aliphatic carbocycles. The largest absolute Gasteiger partial charge is 0.352 e. The molecule has 0 aromatic heterocycles. The molecule has 0 atom stereocenters. The molecule has 1 saturated heterocycles. The van der Waals surface area contributed by atoms with Crippen molar-refractivity contribution in [3.05, 3.63) is 65.7 Å². The molecule has 1 fully saturated rings. The zero-order chi connectivity index (χ0) is 22.4. The number of hydrazine groups is 1. The van der Waals surface area contributed by atoms with E-state index in [1.54, 1.807) is 36.4 Å². The van der Waals surface area contributed by atoms with Gasteiger partial charge in [-0.1, -0.05) is 30.3 Å². The van der Waals surface area contributed by atoms with Crippen LogP contribution in [0.1, 0.15) is 28.8 Å². The van der Waals surface area contributed by atoms with E-state index in [9.17, 15) is 22.8 Å². The van der Waals surface area contributed by atoms with E-state index in [1.165, 1.54) is 22.2 Å². The zero-order valence-corrected chi connectivity index (χ0v) is 18.1. The third-order valence-electron chi connectivity index (χ3n) is 4.97. The van der Waals surface area contributed by atoms with Gasteiger partial charge in [0.05, 0.1) is 11.3 Å². The predicted octanol–water partition coefficient (Wildman–Crippen LogP) is 1.43. The molecule has 0 saturated carbocycles. The van der Waals surface area contributed by atoms with Crippen molar-refractivity contribution in [3.63, 3.8) is 0 Å². The van der Waals surface area contributed by atoms with Crippen LogP contribution in [0, 0.1) is 0 Å². The molecule has 3 rings (SSSR count). The van der Waals surface area contributed by atoms with Gasteiger partial charge in [0.1, 0.15) is 0 Å². The minimum Gasteiger partial charge on any atom is -0.352 e. The summed E-state index contributed by atoms with van der Waals surface area (Å²) in [4.78, 5) is 37.6. The fourth-order valence-electron chi connectivity index (χ4n) is 3.35. The normalized spacial score (nSPS) is 13.8. The maximum atomic E-state index is 12.7. The average Bonchev–Trinajstić information content (AvgIpc) is 3.24. The highest BCUT2D eigenvalue weighted by molar-refractivity contribution is 7.90. The summed E-state index contributed by atoms with van der Waals surface area (Å²) in [5, 5.41) is 5.58. The van der Waals surface area contributed by atoms with E-state index >= 15 is 0 Å². The van der Waals surface area contributed by atoms with E-state index in [-0.39, 0.29) is 42.0 Å². The van der Waals surface area contributed by atoms with E-state index in [4.69, 9.17) is 0 Å². The molecule has 2 aromatic carbocycles. The fourth-order valence-corrected chi connectivity index (χ4v) is 3.98. The van der Waals surface area contributed by atoms with E-state index < -0.39 is 9.84 Å². The standard InChI is InChI=1S/C22H25N3O5S/c1-31(29,30)19-10-8-17(9-11-19)16-21(27)25-15-5-14-24(25)20(26)12-13-23-22(28)18-6-3-2-4-7-18/h2-4,6-11H,5,12-16H2,1H3,(H,23,28). The van der Waals surface area contributed by atoms with Crippen LogP contribution >= 0.6 is 0 Å². The predicted molar refractivity (Wildman–Crippen MR) is 115 cm³/mol. The number of rotatable bonds is 7. The topological polar surface area (TPSA) is 104 Å². The molecule has 0 bridgehead atoms. The third kappa shape index (κ3) is 5.91. The van der Waals surface area contributed by atoms with Crippen molar-refractivity contribution in [1.82, 2.24) is 15.3 Å². The number of hydrogen-bond donors (Lipinski definition) is 1. The first-order valence-corrected chi connectivity index (χ1v) is 11.9. The van der Waals surface area contributed by atoms with Crippen LogP contribution in [0.3, 0.4) is 0 Å². The second-order valence-electron chi connectivity index (χ2n) is 7.35. The highest BCUT2D eigenvalue weighted by atomic mass is 32.2. The number of benzene rings is 2. The Kier molecular flexibility index (Phi) is 7.06. The van der Waals surface area contributed by atoms with Crippen molar-refractivity contribution in [2.75, 3.05) is 25.9 Å².